The number of ether oxygens (including phenoxy) is 3. The van der Waals surface area contributed by atoms with Crippen LogP contribution in [0.1, 0.15) is 42.1 Å². The Morgan fingerprint density at radius 1 is 0.929 bits per heavy atom. The van der Waals surface area contributed by atoms with Crippen LogP contribution < -0.4 is 14.2 Å². The molecule has 3 heterocycles. The largest absolute Gasteiger partial charge is 0.486 e. The highest BCUT2D eigenvalue weighted by Gasteiger charge is 2.35. The van der Waals surface area contributed by atoms with Crippen molar-refractivity contribution < 1.29 is 40.6 Å². The van der Waals surface area contributed by atoms with Crippen LogP contribution >= 0.6 is 0 Å². The minimum atomic E-state index is -4.57. The van der Waals surface area contributed by atoms with Gasteiger partial charge in [-0.2, -0.15) is 31.3 Å². The maximum atomic E-state index is 13.1. The van der Waals surface area contributed by atoms with Crippen LogP contribution in [0.15, 0.2) is 43.0 Å². The predicted octanol–water partition coefficient (Wildman–Crippen LogP) is 6.15. The highest BCUT2D eigenvalue weighted by Crippen LogP contribution is 2.45. The fourth-order valence-corrected chi connectivity index (χ4v) is 4.14. The number of hydrogen-bond acceptors (Lipinski definition) is 8. The molecule has 0 unspecified atom stereocenters. The number of alkyl halides is 6. The molecule has 0 radical (unpaired) electrons. The molecular weight excluding hydrogens is 570 g/mol. The molecule has 1 saturated carbocycles. The average Bonchev–Trinajstić information content (AvgIpc) is 3.71. The summed E-state index contributed by atoms with van der Waals surface area (Å²) in [5, 5.41) is 0. The third kappa shape index (κ3) is 6.71. The van der Waals surface area contributed by atoms with E-state index < -0.39 is 31.1 Å². The van der Waals surface area contributed by atoms with Crippen LogP contribution in [0, 0.1) is 0 Å². The second-order valence-electron chi connectivity index (χ2n) is 9.54. The lowest BCUT2D eigenvalue weighted by molar-refractivity contribution is -0.141. The van der Waals surface area contributed by atoms with Crippen molar-refractivity contribution in [2.45, 2.75) is 44.1 Å². The molecule has 42 heavy (non-hydrogen) atoms. The number of hydrogen-bond donors (Lipinski definition) is 0. The first-order valence-corrected chi connectivity index (χ1v) is 12.7. The summed E-state index contributed by atoms with van der Waals surface area (Å²) < 4.78 is 95.2. The van der Waals surface area contributed by atoms with E-state index in [1.807, 2.05) is 0 Å². The minimum Gasteiger partial charge on any atom is -0.486 e. The molecule has 0 aliphatic heterocycles. The smallest absolute Gasteiger partial charge is 0.434 e. The molecule has 15 heteroatoms. The van der Waals surface area contributed by atoms with Gasteiger partial charge in [0.2, 0.25) is 5.88 Å². The minimum absolute atomic E-state index is 0.0847. The van der Waals surface area contributed by atoms with Crippen molar-refractivity contribution >= 4 is 0 Å². The fourth-order valence-electron chi connectivity index (χ4n) is 4.14. The van der Waals surface area contributed by atoms with E-state index in [1.165, 1.54) is 31.2 Å². The molecule has 1 aliphatic rings. The zero-order valence-electron chi connectivity index (χ0n) is 22.3. The summed E-state index contributed by atoms with van der Waals surface area (Å²) in [6.07, 6.45) is -4.85. The van der Waals surface area contributed by atoms with Crippen LogP contribution in [0.4, 0.5) is 26.3 Å². The Hall–Kier alpha value is -4.43. The molecule has 0 spiro atoms. The van der Waals surface area contributed by atoms with Crippen LogP contribution in [-0.4, -0.2) is 49.4 Å². The molecule has 3 aromatic heterocycles. The first-order valence-electron chi connectivity index (χ1n) is 12.7. The number of nitrogens with zero attached hydrogens (tertiary/aromatic N) is 6. The van der Waals surface area contributed by atoms with E-state index in [2.05, 4.69) is 24.9 Å². The third-order valence-electron chi connectivity index (χ3n) is 6.34. The SMILES string of the molecule is COc1ncnc(C2CC2)c1-c1ncc(OCCC(F)(F)F)c(OCc2ccc(-c3nc(C(F)(F)F)cn3C)cc2)n1. The highest BCUT2D eigenvalue weighted by molar-refractivity contribution is 5.66. The molecule has 9 nitrogen and oxygen atoms in total. The van der Waals surface area contributed by atoms with Gasteiger partial charge in [-0.25, -0.2) is 19.9 Å². The van der Waals surface area contributed by atoms with Gasteiger partial charge in [0.1, 0.15) is 24.3 Å². The molecule has 1 aromatic carbocycles. The Morgan fingerprint density at radius 2 is 1.67 bits per heavy atom. The van der Waals surface area contributed by atoms with Gasteiger partial charge in [0.05, 0.1) is 32.0 Å². The van der Waals surface area contributed by atoms with Gasteiger partial charge in [-0.3, -0.25) is 0 Å². The van der Waals surface area contributed by atoms with Crippen molar-refractivity contribution in [1.29, 1.82) is 0 Å². The lowest BCUT2D eigenvalue weighted by atomic mass is 10.1. The zero-order chi connectivity index (χ0) is 30.1. The Kier molecular flexibility index (Phi) is 7.93. The monoisotopic (exact) mass is 594 g/mol. The summed E-state index contributed by atoms with van der Waals surface area (Å²) in [4.78, 5) is 20.9. The zero-order valence-corrected chi connectivity index (χ0v) is 22.3. The van der Waals surface area contributed by atoms with Crippen LogP contribution in [0.25, 0.3) is 22.8 Å². The molecule has 222 valence electrons. The lowest BCUT2D eigenvalue weighted by Gasteiger charge is -2.15. The van der Waals surface area contributed by atoms with Crippen molar-refractivity contribution in [3.05, 3.63) is 59.9 Å². The number of benzene rings is 1. The summed E-state index contributed by atoms with van der Waals surface area (Å²) in [5.41, 5.74) is 1.19. The maximum absolute atomic E-state index is 13.1. The number of halogens is 6. The van der Waals surface area contributed by atoms with Crippen LogP contribution in [0.5, 0.6) is 17.5 Å². The van der Waals surface area contributed by atoms with E-state index in [4.69, 9.17) is 14.2 Å². The van der Waals surface area contributed by atoms with Crippen molar-refractivity contribution in [1.82, 2.24) is 29.5 Å². The van der Waals surface area contributed by atoms with Crippen molar-refractivity contribution in [3.8, 4) is 40.3 Å². The predicted molar refractivity (Wildman–Crippen MR) is 136 cm³/mol. The molecule has 1 fully saturated rings. The fraction of sp³-hybridized carbons (Fsp3) is 0.370. The van der Waals surface area contributed by atoms with E-state index in [-0.39, 0.29) is 41.7 Å². The molecular formula is C27H24F6N6O3. The molecule has 0 amide bonds. The normalized spacial score (nSPS) is 13.7. The van der Waals surface area contributed by atoms with Gasteiger partial charge in [0, 0.05) is 24.7 Å². The molecule has 4 aromatic rings. The van der Waals surface area contributed by atoms with E-state index in [0.29, 0.717) is 22.4 Å². The van der Waals surface area contributed by atoms with Gasteiger partial charge in [0.25, 0.3) is 5.88 Å². The lowest BCUT2D eigenvalue weighted by Crippen LogP contribution is -2.14. The van der Waals surface area contributed by atoms with E-state index in [0.717, 1.165) is 19.0 Å². The van der Waals surface area contributed by atoms with E-state index in [1.54, 1.807) is 24.3 Å². The number of methoxy groups -OCH3 is 1. The van der Waals surface area contributed by atoms with Gasteiger partial charge in [-0.05, 0) is 18.4 Å². The molecule has 0 N–H and O–H groups in total. The van der Waals surface area contributed by atoms with Crippen molar-refractivity contribution in [2.24, 2.45) is 7.05 Å². The number of rotatable bonds is 10. The molecule has 5 rings (SSSR count). The number of aromatic nitrogens is 6. The molecule has 0 atom stereocenters. The number of imidazole rings is 1. The highest BCUT2D eigenvalue weighted by atomic mass is 19.4. The van der Waals surface area contributed by atoms with Crippen molar-refractivity contribution in [3.63, 3.8) is 0 Å². The van der Waals surface area contributed by atoms with Gasteiger partial charge in [-0.15, -0.1) is 0 Å². The Balaban J connectivity index is 1.40. The second-order valence-corrected chi connectivity index (χ2v) is 9.54. The van der Waals surface area contributed by atoms with E-state index >= 15 is 0 Å². The van der Waals surface area contributed by atoms with Crippen LogP contribution in [0.2, 0.25) is 0 Å². The molecule has 1 aliphatic carbocycles. The van der Waals surface area contributed by atoms with Crippen LogP contribution in [0.3, 0.4) is 0 Å². The first-order chi connectivity index (χ1) is 19.9. The van der Waals surface area contributed by atoms with Gasteiger partial charge in [0.15, 0.2) is 17.3 Å². The Labute approximate surface area is 235 Å². The number of aryl methyl sites for hydroxylation is 1. The summed E-state index contributed by atoms with van der Waals surface area (Å²) in [6.45, 7) is -0.759. The summed E-state index contributed by atoms with van der Waals surface area (Å²) >= 11 is 0. The average molecular weight is 595 g/mol. The quantitative estimate of drug-likeness (QED) is 0.202. The third-order valence-corrected chi connectivity index (χ3v) is 6.34. The standard InChI is InChI=1S/C27H24F6N6O3/c1-39-12-19(27(31,32)33)37-23(39)17-5-3-15(4-6-17)13-42-24-18(41-10-9-26(28,29)30)11-34-22(38-24)20-21(16-7-8-16)35-14-36-25(20)40-2/h3-6,11-12,14,16H,7-10,13H2,1-2H3. The molecule has 0 saturated heterocycles. The van der Waals surface area contributed by atoms with Gasteiger partial charge in [-0.1, -0.05) is 24.3 Å². The van der Waals surface area contributed by atoms with Crippen LogP contribution in [-0.2, 0) is 19.8 Å². The maximum Gasteiger partial charge on any atom is 0.434 e. The molecule has 0 bridgehead atoms. The second kappa shape index (κ2) is 11.4. The van der Waals surface area contributed by atoms with Crippen molar-refractivity contribution in [2.75, 3.05) is 13.7 Å². The van der Waals surface area contributed by atoms with E-state index in [9.17, 15) is 26.3 Å². The van der Waals surface area contributed by atoms with Gasteiger partial charge < -0.3 is 18.8 Å². The first kappa shape index (κ1) is 29.1. The summed E-state index contributed by atoms with van der Waals surface area (Å²) in [6, 6.07) is 6.43. The Morgan fingerprint density at radius 3 is 2.29 bits per heavy atom. The Bertz CT molecular complexity index is 1550. The summed E-state index contributed by atoms with van der Waals surface area (Å²) in [5.74, 6) is 0.479. The summed E-state index contributed by atoms with van der Waals surface area (Å²) in [7, 11) is 2.90. The van der Waals surface area contributed by atoms with Gasteiger partial charge >= 0.3 is 12.4 Å². The topological polar surface area (TPSA) is 97.1 Å².